The van der Waals surface area contributed by atoms with Crippen LogP contribution in [0.15, 0.2) is 48.5 Å². The highest BCUT2D eigenvalue weighted by atomic mass is 35.5. The summed E-state index contributed by atoms with van der Waals surface area (Å²) in [4.78, 5) is 15.9. The number of pyridine rings is 1. The van der Waals surface area contributed by atoms with Crippen LogP contribution in [0.2, 0.25) is 5.15 Å². The Morgan fingerprint density at radius 2 is 1.95 bits per heavy atom. The lowest BCUT2D eigenvalue weighted by molar-refractivity contribution is -0.117. The molecule has 1 amide bonds. The molecule has 0 fully saturated rings. The van der Waals surface area contributed by atoms with Crippen molar-refractivity contribution in [1.29, 1.82) is 0 Å². The van der Waals surface area contributed by atoms with Gasteiger partial charge in [-0.3, -0.25) is 4.79 Å². The molecule has 0 aliphatic heterocycles. The minimum Gasteiger partial charge on any atom is -0.320 e. The number of benzene rings is 1. The van der Waals surface area contributed by atoms with Crippen LogP contribution in [0.3, 0.4) is 0 Å². The smallest absolute Gasteiger partial charge is 0.242 e. The van der Waals surface area contributed by atoms with Crippen molar-refractivity contribution in [3.63, 3.8) is 0 Å². The van der Waals surface area contributed by atoms with E-state index in [-0.39, 0.29) is 5.91 Å². The Hall–Kier alpha value is -1.91. The number of carbonyl (C=O) groups excluding carboxylic acids is 1. The quantitative estimate of drug-likeness (QED) is 0.841. The van der Waals surface area contributed by atoms with Gasteiger partial charge in [-0.05, 0) is 24.1 Å². The maximum Gasteiger partial charge on any atom is 0.242 e. The number of hydrogen-bond acceptors (Lipinski definition) is 3. The van der Waals surface area contributed by atoms with Crippen molar-refractivity contribution in [2.75, 3.05) is 5.32 Å². The maximum absolute atomic E-state index is 11.9. The molecular weight excluding hydrogens is 262 g/mol. The third kappa shape index (κ3) is 4.05. The summed E-state index contributed by atoms with van der Waals surface area (Å²) in [6.07, 6.45) is 0.479. The van der Waals surface area contributed by atoms with Crippen LogP contribution in [0.1, 0.15) is 5.56 Å². The van der Waals surface area contributed by atoms with Gasteiger partial charge >= 0.3 is 0 Å². The summed E-state index contributed by atoms with van der Waals surface area (Å²) < 4.78 is 0. The van der Waals surface area contributed by atoms with Gasteiger partial charge in [-0.2, -0.15) is 0 Å². The number of nitrogens with two attached hydrogens (primary N) is 1. The molecule has 2 rings (SSSR count). The van der Waals surface area contributed by atoms with Gasteiger partial charge in [-0.25, -0.2) is 4.98 Å². The van der Waals surface area contributed by atoms with E-state index < -0.39 is 6.04 Å². The van der Waals surface area contributed by atoms with Crippen LogP contribution in [0.5, 0.6) is 0 Å². The Bertz CT molecular complexity index is 560. The normalized spacial score (nSPS) is 11.9. The molecule has 0 saturated carbocycles. The van der Waals surface area contributed by atoms with Gasteiger partial charge in [0.25, 0.3) is 0 Å². The summed E-state index contributed by atoms with van der Waals surface area (Å²) in [6.45, 7) is 0. The lowest BCUT2D eigenvalue weighted by Gasteiger charge is -2.11. The molecule has 3 N–H and O–H groups in total. The maximum atomic E-state index is 11.9. The zero-order chi connectivity index (χ0) is 13.7. The number of nitrogens with zero attached hydrogens (tertiary/aromatic N) is 1. The second-order valence-corrected chi connectivity index (χ2v) is 4.52. The number of halogens is 1. The predicted octanol–water partition coefficient (Wildman–Crippen LogP) is 2.24. The van der Waals surface area contributed by atoms with Crippen LogP contribution >= 0.6 is 11.6 Å². The Balaban J connectivity index is 1.96. The van der Waals surface area contributed by atoms with Crippen molar-refractivity contribution in [2.24, 2.45) is 5.73 Å². The molecular formula is C14H14ClN3O. The number of amides is 1. The Labute approximate surface area is 116 Å². The lowest BCUT2D eigenvalue weighted by Crippen LogP contribution is -2.37. The van der Waals surface area contributed by atoms with E-state index in [9.17, 15) is 4.79 Å². The molecule has 1 heterocycles. The minimum atomic E-state index is -0.622. The standard InChI is InChI=1S/C14H14ClN3O/c15-12-7-4-8-13(17-12)18-14(19)11(16)9-10-5-2-1-3-6-10/h1-8,11H,9,16H2,(H,17,18,19)/t11-/m1/s1. The third-order valence-corrected chi connectivity index (χ3v) is 2.81. The van der Waals surface area contributed by atoms with Crippen LogP contribution in [-0.4, -0.2) is 16.9 Å². The fourth-order valence-corrected chi connectivity index (χ4v) is 1.82. The first-order valence-electron chi connectivity index (χ1n) is 5.88. The van der Waals surface area contributed by atoms with E-state index in [1.54, 1.807) is 18.2 Å². The van der Waals surface area contributed by atoms with E-state index in [1.807, 2.05) is 30.3 Å². The van der Waals surface area contributed by atoms with Crippen molar-refractivity contribution in [3.05, 3.63) is 59.2 Å². The monoisotopic (exact) mass is 275 g/mol. The van der Waals surface area contributed by atoms with Crippen LogP contribution in [0.4, 0.5) is 5.82 Å². The van der Waals surface area contributed by atoms with Crippen LogP contribution in [0, 0.1) is 0 Å². The predicted molar refractivity (Wildman–Crippen MR) is 76.0 cm³/mol. The molecule has 4 nitrogen and oxygen atoms in total. The summed E-state index contributed by atoms with van der Waals surface area (Å²) >= 11 is 5.74. The molecule has 0 unspecified atom stereocenters. The van der Waals surface area contributed by atoms with Gasteiger partial charge in [0.1, 0.15) is 11.0 Å². The Morgan fingerprint density at radius 3 is 2.63 bits per heavy atom. The second-order valence-electron chi connectivity index (χ2n) is 4.13. The molecule has 0 saturated heterocycles. The molecule has 19 heavy (non-hydrogen) atoms. The molecule has 1 atom stereocenters. The summed E-state index contributed by atoms with van der Waals surface area (Å²) in [7, 11) is 0. The molecule has 0 bridgehead atoms. The second kappa shape index (κ2) is 6.31. The molecule has 0 radical (unpaired) electrons. The fourth-order valence-electron chi connectivity index (χ4n) is 1.66. The molecule has 98 valence electrons. The van der Waals surface area contributed by atoms with E-state index in [2.05, 4.69) is 10.3 Å². The molecule has 2 aromatic rings. The average Bonchev–Trinajstić information content (AvgIpc) is 2.40. The van der Waals surface area contributed by atoms with E-state index >= 15 is 0 Å². The third-order valence-electron chi connectivity index (χ3n) is 2.60. The average molecular weight is 276 g/mol. The Kier molecular flexibility index (Phi) is 4.49. The first-order chi connectivity index (χ1) is 9.15. The molecule has 1 aromatic heterocycles. The van der Waals surface area contributed by atoms with Crippen molar-refractivity contribution >= 4 is 23.3 Å². The molecule has 5 heteroatoms. The largest absolute Gasteiger partial charge is 0.320 e. The summed E-state index contributed by atoms with van der Waals surface area (Å²) in [5, 5.41) is 2.97. The van der Waals surface area contributed by atoms with Crippen LogP contribution in [0.25, 0.3) is 0 Å². The highest BCUT2D eigenvalue weighted by molar-refractivity contribution is 6.29. The molecule has 0 aliphatic carbocycles. The lowest BCUT2D eigenvalue weighted by atomic mass is 10.1. The van der Waals surface area contributed by atoms with Crippen molar-refractivity contribution in [2.45, 2.75) is 12.5 Å². The van der Waals surface area contributed by atoms with E-state index in [4.69, 9.17) is 17.3 Å². The van der Waals surface area contributed by atoms with Gasteiger partial charge < -0.3 is 11.1 Å². The number of anilines is 1. The molecule has 0 spiro atoms. The first kappa shape index (κ1) is 13.5. The number of rotatable bonds is 4. The van der Waals surface area contributed by atoms with E-state index in [0.29, 0.717) is 17.4 Å². The van der Waals surface area contributed by atoms with E-state index in [1.165, 1.54) is 0 Å². The van der Waals surface area contributed by atoms with Gasteiger partial charge in [0, 0.05) is 0 Å². The van der Waals surface area contributed by atoms with Gasteiger partial charge in [-0.1, -0.05) is 48.0 Å². The summed E-state index contributed by atoms with van der Waals surface area (Å²) in [5.74, 6) is 0.125. The van der Waals surface area contributed by atoms with Crippen LogP contribution < -0.4 is 11.1 Å². The number of aromatic nitrogens is 1. The van der Waals surface area contributed by atoms with Gasteiger partial charge in [0.15, 0.2) is 0 Å². The van der Waals surface area contributed by atoms with Gasteiger partial charge in [-0.15, -0.1) is 0 Å². The molecule has 0 aliphatic rings. The summed E-state index contributed by atoms with van der Waals surface area (Å²) in [5.41, 5.74) is 6.88. The minimum absolute atomic E-state index is 0.279. The Morgan fingerprint density at radius 1 is 1.21 bits per heavy atom. The van der Waals surface area contributed by atoms with Gasteiger partial charge in [0.2, 0.25) is 5.91 Å². The zero-order valence-corrected chi connectivity index (χ0v) is 11.0. The van der Waals surface area contributed by atoms with Crippen molar-refractivity contribution in [1.82, 2.24) is 4.98 Å². The zero-order valence-electron chi connectivity index (χ0n) is 10.2. The highest BCUT2D eigenvalue weighted by Crippen LogP contribution is 2.10. The van der Waals surface area contributed by atoms with Crippen molar-refractivity contribution < 1.29 is 4.79 Å². The van der Waals surface area contributed by atoms with Crippen LogP contribution in [-0.2, 0) is 11.2 Å². The van der Waals surface area contributed by atoms with Crippen molar-refractivity contribution in [3.8, 4) is 0 Å². The number of carbonyl (C=O) groups is 1. The fraction of sp³-hybridized carbons (Fsp3) is 0.143. The number of hydrogen-bond donors (Lipinski definition) is 2. The first-order valence-corrected chi connectivity index (χ1v) is 6.26. The molecule has 1 aromatic carbocycles. The SMILES string of the molecule is N[C@H](Cc1ccccc1)C(=O)Nc1cccc(Cl)n1. The topological polar surface area (TPSA) is 68.0 Å². The number of nitrogens with one attached hydrogen (secondary N) is 1. The van der Waals surface area contributed by atoms with E-state index in [0.717, 1.165) is 5.56 Å². The van der Waals surface area contributed by atoms with Gasteiger partial charge in [0.05, 0.1) is 6.04 Å². The summed E-state index contributed by atoms with van der Waals surface area (Å²) in [6, 6.07) is 14.0. The highest BCUT2D eigenvalue weighted by Gasteiger charge is 2.14.